The highest BCUT2D eigenvalue weighted by Gasteiger charge is 2.16. The molecule has 0 radical (unpaired) electrons. The van der Waals surface area contributed by atoms with Gasteiger partial charge in [-0.2, -0.15) is 10.2 Å². The van der Waals surface area contributed by atoms with Crippen molar-refractivity contribution in [2.75, 3.05) is 13.1 Å². The molecular weight excluding hydrogens is 340 g/mol. The first kappa shape index (κ1) is 20.8. The van der Waals surface area contributed by atoms with E-state index in [4.69, 9.17) is 24.4 Å². The molecular formula is C16H30N6S2. The van der Waals surface area contributed by atoms with Crippen LogP contribution in [0, 0.1) is 5.92 Å². The maximum Gasteiger partial charge on any atom is 0.186 e. The van der Waals surface area contributed by atoms with E-state index in [0.29, 0.717) is 10.2 Å². The molecule has 0 aromatic rings. The summed E-state index contributed by atoms with van der Waals surface area (Å²) in [7, 11) is 0. The molecule has 0 amide bonds. The molecule has 0 aromatic carbocycles. The number of thiocarbonyl (C=S) groups is 2. The van der Waals surface area contributed by atoms with E-state index in [-0.39, 0.29) is 0 Å². The van der Waals surface area contributed by atoms with Crippen molar-refractivity contribution < 1.29 is 0 Å². The Kier molecular flexibility index (Phi) is 10.5. The average molecular weight is 371 g/mol. The quantitative estimate of drug-likeness (QED) is 0.299. The second-order valence-corrected chi connectivity index (χ2v) is 6.70. The van der Waals surface area contributed by atoms with Crippen LogP contribution in [0.25, 0.3) is 0 Å². The van der Waals surface area contributed by atoms with Crippen molar-refractivity contribution in [3.63, 3.8) is 0 Å². The molecule has 1 aliphatic carbocycles. The highest BCUT2D eigenvalue weighted by Crippen LogP contribution is 2.28. The Morgan fingerprint density at radius 2 is 1.50 bits per heavy atom. The van der Waals surface area contributed by atoms with Gasteiger partial charge < -0.3 is 10.6 Å². The summed E-state index contributed by atoms with van der Waals surface area (Å²) in [5.41, 5.74) is 7.49. The standard InChI is InChI=1S/C16H30N6S2/c1-4-17-15(23)21-19-12(3)14(20-22-16(24)18-5-2)11-10-13-8-6-7-9-13/h13H,4-11H2,1-3H3,(H2,17,21,23)(H2,18,22,24)/b19-12+,20-14+. The van der Waals surface area contributed by atoms with E-state index in [1.54, 1.807) is 0 Å². The van der Waals surface area contributed by atoms with Gasteiger partial charge in [0.2, 0.25) is 0 Å². The summed E-state index contributed by atoms with van der Waals surface area (Å²) in [6, 6.07) is 0. The van der Waals surface area contributed by atoms with Gasteiger partial charge in [0.15, 0.2) is 10.2 Å². The van der Waals surface area contributed by atoms with E-state index in [1.165, 1.54) is 25.7 Å². The minimum Gasteiger partial charge on any atom is -0.362 e. The lowest BCUT2D eigenvalue weighted by Gasteiger charge is -2.12. The summed E-state index contributed by atoms with van der Waals surface area (Å²) in [5.74, 6) is 0.805. The van der Waals surface area contributed by atoms with Crippen molar-refractivity contribution in [1.29, 1.82) is 0 Å². The third-order valence-corrected chi connectivity index (χ3v) is 4.45. The predicted octanol–water partition coefficient (Wildman–Crippen LogP) is 2.66. The summed E-state index contributed by atoms with van der Waals surface area (Å²) in [4.78, 5) is 0. The molecule has 1 saturated carbocycles. The number of hydrogen-bond acceptors (Lipinski definition) is 4. The Balaban J connectivity index is 2.66. The monoisotopic (exact) mass is 370 g/mol. The van der Waals surface area contributed by atoms with Gasteiger partial charge in [-0.3, -0.25) is 10.9 Å². The predicted molar refractivity (Wildman–Crippen MR) is 111 cm³/mol. The van der Waals surface area contributed by atoms with Gasteiger partial charge in [-0.25, -0.2) is 0 Å². The Hall–Kier alpha value is -1.28. The number of nitrogens with one attached hydrogen (secondary N) is 4. The van der Waals surface area contributed by atoms with Gasteiger partial charge in [-0.1, -0.05) is 25.7 Å². The Morgan fingerprint density at radius 1 is 0.958 bits per heavy atom. The molecule has 8 heteroatoms. The van der Waals surface area contributed by atoms with E-state index in [1.807, 2.05) is 20.8 Å². The fourth-order valence-corrected chi connectivity index (χ4v) is 3.06. The maximum atomic E-state index is 5.17. The first-order valence-corrected chi connectivity index (χ1v) is 9.57. The maximum absolute atomic E-state index is 5.17. The van der Waals surface area contributed by atoms with E-state index < -0.39 is 0 Å². The lowest BCUT2D eigenvalue weighted by Crippen LogP contribution is -2.34. The van der Waals surface area contributed by atoms with Crippen LogP contribution >= 0.6 is 24.4 Å². The van der Waals surface area contributed by atoms with Crippen LogP contribution in [0.3, 0.4) is 0 Å². The van der Waals surface area contributed by atoms with E-state index >= 15 is 0 Å². The fourth-order valence-electron chi connectivity index (χ4n) is 2.68. The lowest BCUT2D eigenvalue weighted by atomic mass is 9.98. The molecule has 1 fully saturated rings. The molecule has 0 heterocycles. The van der Waals surface area contributed by atoms with E-state index in [9.17, 15) is 0 Å². The lowest BCUT2D eigenvalue weighted by molar-refractivity contribution is 0.515. The zero-order valence-corrected chi connectivity index (χ0v) is 16.6. The third kappa shape index (κ3) is 8.54. The first-order chi connectivity index (χ1) is 11.6. The van der Waals surface area contributed by atoms with Gasteiger partial charge in [0, 0.05) is 13.1 Å². The Bertz CT molecular complexity index is 469. The van der Waals surface area contributed by atoms with Gasteiger partial charge in [0.05, 0.1) is 11.4 Å². The van der Waals surface area contributed by atoms with Crippen LogP contribution in [0.1, 0.15) is 59.3 Å². The molecule has 6 nitrogen and oxygen atoms in total. The van der Waals surface area contributed by atoms with E-state index in [2.05, 4.69) is 31.7 Å². The molecule has 4 N–H and O–H groups in total. The van der Waals surface area contributed by atoms with Crippen LogP contribution in [0.2, 0.25) is 0 Å². The minimum absolute atomic E-state index is 0.517. The molecule has 0 atom stereocenters. The summed E-state index contributed by atoms with van der Waals surface area (Å²) in [5, 5.41) is 15.9. The SMILES string of the molecule is CCNC(=S)N/N=C(C)/C(CCC1CCCC1)=N/NC(=S)NCC. The van der Waals surface area contributed by atoms with Crippen molar-refractivity contribution in [2.24, 2.45) is 16.1 Å². The highest BCUT2D eigenvalue weighted by atomic mass is 32.1. The zero-order chi connectivity index (χ0) is 17.8. The van der Waals surface area contributed by atoms with Crippen LogP contribution in [0.4, 0.5) is 0 Å². The second kappa shape index (κ2) is 12.1. The fraction of sp³-hybridized carbons (Fsp3) is 0.750. The highest BCUT2D eigenvalue weighted by molar-refractivity contribution is 7.80. The van der Waals surface area contributed by atoms with Gasteiger partial charge in [-0.05, 0) is 64.0 Å². The minimum atomic E-state index is 0.517. The van der Waals surface area contributed by atoms with Crippen LogP contribution in [0.5, 0.6) is 0 Å². The summed E-state index contributed by atoms with van der Waals surface area (Å²) < 4.78 is 0. The Morgan fingerprint density at radius 3 is 2.04 bits per heavy atom. The van der Waals surface area contributed by atoms with Crippen molar-refractivity contribution in [1.82, 2.24) is 21.5 Å². The van der Waals surface area contributed by atoms with Gasteiger partial charge in [-0.15, -0.1) is 0 Å². The molecule has 0 aromatic heterocycles. The topological polar surface area (TPSA) is 72.8 Å². The van der Waals surface area contributed by atoms with Gasteiger partial charge in [0.25, 0.3) is 0 Å². The normalized spacial score (nSPS) is 16.0. The second-order valence-electron chi connectivity index (χ2n) is 5.89. The Labute approximate surface area is 156 Å². The van der Waals surface area contributed by atoms with Crippen molar-refractivity contribution >= 4 is 46.1 Å². The summed E-state index contributed by atoms with van der Waals surface area (Å²) >= 11 is 10.3. The van der Waals surface area contributed by atoms with Crippen molar-refractivity contribution in [3.05, 3.63) is 0 Å². The molecule has 136 valence electrons. The average Bonchev–Trinajstić information content (AvgIpc) is 3.06. The van der Waals surface area contributed by atoms with E-state index in [0.717, 1.165) is 43.3 Å². The molecule has 0 aliphatic heterocycles. The van der Waals surface area contributed by atoms with Gasteiger partial charge in [0.1, 0.15) is 0 Å². The van der Waals surface area contributed by atoms with Crippen molar-refractivity contribution in [2.45, 2.75) is 59.3 Å². The first-order valence-electron chi connectivity index (χ1n) is 8.75. The molecule has 1 aliphatic rings. The van der Waals surface area contributed by atoms with Crippen LogP contribution in [-0.4, -0.2) is 34.7 Å². The summed E-state index contributed by atoms with van der Waals surface area (Å²) in [6.45, 7) is 7.46. The molecule has 24 heavy (non-hydrogen) atoms. The number of hydrazone groups is 2. The summed E-state index contributed by atoms with van der Waals surface area (Å²) in [6.07, 6.45) is 7.39. The van der Waals surface area contributed by atoms with Crippen LogP contribution < -0.4 is 21.5 Å². The number of nitrogens with zero attached hydrogens (tertiary/aromatic N) is 2. The zero-order valence-electron chi connectivity index (χ0n) is 14.9. The molecule has 0 bridgehead atoms. The third-order valence-electron chi connectivity index (χ3n) is 3.97. The molecule has 0 saturated heterocycles. The number of hydrogen-bond donors (Lipinski definition) is 4. The molecule has 0 spiro atoms. The van der Waals surface area contributed by atoms with Gasteiger partial charge >= 0.3 is 0 Å². The largest absolute Gasteiger partial charge is 0.362 e. The number of rotatable bonds is 8. The van der Waals surface area contributed by atoms with Crippen LogP contribution in [0.15, 0.2) is 10.2 Å². The molecule has 1 rings (SSSR count). The van der Waals surface area contributed by atoms with Crippen molar-refractivity contribution in [3.8, 4) is 0 Å². The molecule has 0 unspecified atom stereocenters. The van der Waals surface area contributed by atoms with Crippen LogP contribution in [-0.2, 0) is 0 Å². The smallest absolute Gasteiger partial charge is 0.186 e.